The normalized spacial score (nSPS) is 10.4. The van der Waals surface area contributed by atoms with Crippen LogP contribution in [0.4, 0.5) is 5.69 Å². The number of carbonyl (C=O) groups is 1. The second kappa shape index (κ2) is 4.94. The Balaban J connectivity index is 2.24. The molecule has 1 amide bonds. The maximum absolute atomic E-state index is 12.1. The topological polar surface area (TPSA) is 57.8 Å². The van der Waals surface area contributed by atoms with E-state index < -0.39 is 0 Å². The van der Waals surface area contributed by atoms with Gasteiger partial charge < -0.3 is 5.32 Å². The molecule has 0 spiro atoms. The monoisotopic (exact) mass is 307 g/mol. The zero-order valence-corrected chi connectivity index (χ0v) is 12.1. The number of amides is 1. The molecule has 94 valence electrons. The molecule has 1 aromatic heterocycles. The minimum atomic E-state index is -0.192. The summed E-state index contributed by atoms with van der Waals surface area (Å²) in [5, 5.41) is 9.69. The van der Waals surface area contributed by atoms with E-state index in [-0.39, 0.29) is 5.91 Å². The summed E-state index contributed by atoms with van der Waals surface area (Å²) in [5.41, 5.74) is 4.02. The Labute approximate surface area is 114 Å². The molecule has 0 radical (unpaired) electrons. The van der Waals surface area contributed by atoms with Crippen molar-refractivity contribution in [3.63, 3.8) is 0 Å². The van der Waals surface area contributed by atoms with Gasteiger partial charge in [0.15, 0.2) is 5.69 Å². The number of benzene rings is 1. The summed E-state index contributed by atoms with van der Waals surface area (Å²) in [6, 6.07) is 5.72. The highest BCUT2D eigenvalue weighted by molar-refractivity contribution is 9.10. The van der Waals surface area contributed by atoms with Crippen LogP contribution in [-0.4, -0.2) is 16.1 Å². The minimum Gasteiger partial charge on any atom is -0.320 e. The zero-order chi connectivity index (χ0) is 13.3. The van der Waals surface area contributed by atoms with Gasteiger partial charge in [0.1, 0.15) is 0 Å². The van der Waals surface area contributed by atoms with Crippen LogP contribution in [0.1, 0.15) is 27.3 Å². The van der Waals surface area contributed by atoms with E-state index in [0.29, 0.717) is 5.69 Å². The Hall–Kier alpha value is -1.62. The molecule has 0 unspecified atom stereocenters. The molecule has 0 aliphatic carbocycles. The van der Waals surface area contributed by atoms with E-state index in [0.717, 1.165) is 27.0 Å². The van der Waals surface area contributed by atoms with Crippen molar-refractivity contribution in [2.24, 2.45) is 0 Å². The fourth-order valence-electron chi connectivity index (χ4n) is 1.65. The van der Waals surface area contributed by atoms with Crippen LogP contribution in [0.15, 0.2) is 22.7 Å². The molecule has 0 saturated heterocycles. The first kappa shape index (κ1) is 12.8. The summed E-state index contributed by atoms with van der Waals surface area (Å²) in [5.74, 6) is -0.192. The summed E-state index contributed by atoms with van der Waals surface area (Å²) in [7, 11) is 0. The lowest BCUT2D eigenvalue weighted by Crippen LogP contribution is -2.14. The third-order valence-electron chi connectivity index (χ3n) is 2.90. The summed E-state index contributed by atoms with van der Waals surface area (Å²) < 4.78 is 0.991. The van der Waals surface area contributed by atoms with E-state index >= 15 is 0 Å². The lowest BCUT2D eigenvalue weighted by Gasteiger charge is -2.07. The number of H-pyrrole nitrogens is 1. The molecule has 0 fully saturated rings. The second-order valence-corrected chi connectivity index (χ2v) is 5.15. The first-order valence-corrected chi connectivity index (χ1v) is 6.37. The van der Waals surface area contributed by atoms with Gasteiger partial charge in [0.05, 0.1) is 0 Å². The average Bonchev–Trinajstić information content (AvgIpc) is 2.64. The van der Waals surface area contributed by atoms with Crippen LogP contribution in [0.2, 0.25) is 0 Å². The molecule has 2 aromatic rings. The Morgan fingerprint density at radius 2 is 2.06 bits per heavy atom. The number of aromatic nitrogens is 2. The molecule has 0 aliphatic rings. The maximum Gasteiger partial charge on any atom is 0.276 e. The molecule has 5 heteroatoms. The number of halogens is 1. The fraction of sp³-hybridized carbons (Fsp3) is 0.231. The number of aryl methyl sites for hydroxylation is 2. The molecule has 2 rings (SSSR count). The number of anilines is 1. The summed E-state index contributed by atoms with van der Waals surface area (Å²) >= 11 is 3.39. The average molecular weight is 308 g/mol. The van der Waals surface area contributed by atoms with Crippen molar-refractivity contribution in [1.29, 1.82) is 0 Å². The molecule has 0 aliphatic heterocycles. The van der Waals surface area contributed by atoms with E-state index in [2.05, 4.69) is 31.4 Å². The van der Waals surface area contributed by atoms with Crippen LogP contribution in [0.5, 0.6) is 0 Å². The van der Waals surface area contributed by atoms with Gasteiger partial charge in [0, 0.05) is 21.4 Å². The minimum absolute atomic E-state index is 0.192. The van der Waals surface area contributed by atoms with Crippen LogP contribution in [0.3, 0.4) is 0 Å². The van der Waals surface area contributed by atoms with Gasteiger partial charge in [0.25, 0.3) is 5.91 Å². The maximum atomic E-state index is 12.1. The van der Waals surface area contributed by atoms with Crippen LogP contribution >= 0.6 is 15.9 Å². The Morgan fingerprint density at radius 1 is 1.33 bits per heavy atom. The highest BCUT2D eigenvalue weighted by Gasteiger charge is 2.15. The van der Waals surface area contributed by atoms with Crippen molar-refractivity contribution in [1.82, 2.24) is 10.2 Å². The molecule has 0 bridgehead atoms. The predicted molar refractivity (Wildman–Crippen MR) is 74.9 cm³/mol. The fourth-order valence-corrected chi connectivity index (χ4v) is 2.13. The number of rotatable bonds is 2. The Bertz CT molecular complexity index is 604. The molecule has 1 heterocycles. The van der Waals surface area contributed by atoms with Gasteiger partial charge in [0.2, 0.25) is 0 Å². The molecule has 0 saturated carbocycles. The van der Waals surface area contributed by atoms with E-state index in [1.807, 2.05) is 39.0 Å². The molecule has 4 nitrogen and oxygen atoms in total. The zero-order valence-electron chi connectivity index (χ0n) is 10.5. The number of hydrogen-bond donors (Lipinski definition) is 2. The van der Waals surface area contributed by atoms with E-state index in [4.69, 9.17) is 0 Å². The van der Waals surface area contributed by atoms with Gasteiger partial charge >= 0.3 is 0 Å². The van der Waals surface area contributed by atoms with Gasteiger partial charge in [-0.15, -0.1) is 0 Å². The summed E-state index contributed by atoms with van der Waals surface area (Å²) in [6.45, 7) is 5.72. The number of nitrogens with one attached hydrogen (secondary N) is 2. The van der Waals surface area contributed by atoms with E-state index in [9.17, 15) is 4.79 Å². The van der Waals surface area contributed by atoms with Crippen LogP contribution in [0.25, 0.3) is 0 Å². The highest BCUT2D eigenvalue weighted by Crippen LogP contribution is 2.21. The van der Waals surface area contributed by atoms with E-state index in [1.165, 1.54) is 0 Å². The van der Waals surface area contributed by atoms with Crippen molar-refractivity contribution in [3.8, 4) is 0 Å². The molecule has 18 heavy (non-hydrogen) atoms. The van der Waals surface area contributed by atoms with Crippen molar-refractivity contribution < 1.29 is 4.79 Å². The summed E-state index contributed by atoms with van der Waals surface area (Å²) in [4.78, 5) is 12.1. The standard InChI is InChI=1S/C13H14BrN3O/c1-7-6-10(14)4-5-11(7)15-13(18)12-8(2)9(3)16-17-12/h4-6H,1-3H3,(H,15,18)(H,16,17). The third kappa shape index (κ3) is 2.46. The van der Waals surface area contributed by atoms with Crippen LogP contribution in [0, 0.1) is 20.8 Å². The highest BCUT2D eigenvalue weighted by atomic mass is 79.9. The van der Waals surface area contributed by atoms with E-state index in [1.54, 1.807) is 0 Å². The predicted octanol–water partition coefficient (Wildman–Crippen LogP) is 3.35. The second-order valence-electron chi connectivity index (χ2n) is 4.24. The van der Waals surface area contributed by atoms with Crippen LogP contribution in [-0.2, 0) is 0 Å². The molecular weight excluding hydrogens is 294 g/mol. The van der Waals surface area contributed by atoms with Crippen molar-refractivity contribution in [2.45, 2.75) is 20.8 Å². The lowest BCUT2D eigenvalue weighted by atomic mass is 10.1. The summed E-state index contributed by atoms with van der Waals surface area (Å²) in [6.07, 6.45) is 0. The number of carbonyl (C=O) groups excluding carboxylic acids is 1. The first-order chi connectivity index (χ1) is 8.49. The quantitative estimate of drug-likeness (QED) is 0.894. The molecule has 2 N–H and O–H groups in total. The van der Waals surface area contributed by atoms with Crippen LogP contribution < -0.4 is 5.32 Å². The first-order valence-electron chi connectivity index (χ1n) is 5.58. The van der Waals surface area contributed by atoms with Gasteiger partial charge in [-0.05, 0) is 44.5 Å². The largest absolute Gasteiger partial charge is 0.320 e. The third-order valence-corrected chi connectivity index (χ3v) is 3.40. The van der Waals surface area contributed by atoms with Gasteiger partial charge in [-0.2, -0.15) is 5.10 Å². The Morgan fingerprint density at radius 3 is 2.61 bits per heavy atom. The molecule has 0 atom stereocenters. The smallest absolute Gasteiger partial charge is 0.276 e. The SMILES string of the molecule is Cc1cc(Br)ccc1NC(=O)c1n[nH]c(C)c1C. The Kier molecular flexibility index (Phi) is 3.52. The van der Waals surface area contributed by atoms with Gasteiger partial charge in [-0.25, -0.2) is 0 Å². The molecule has 1 aromatic carbocycles. The van der Waals surface area contributed by atoms with Crippen molar-refractivity contribution in [3.05, 3.63) is 45.2 Å². The van der Waals surface area contributed by atoms with Gasteiger partial charge in [-0.3, -0.25) is 9.89 Å². The molecular formula is C13H14BrN3O. The van der Waals surface area contributed by atoms with Crippen molar-refractivity contribution in [2.75, 3.05) is 5.32 Å². The van der Waals surface area contributed by atoms with Crippen molar-refractivity contribution >= 4 is 27.5 Å². The number of nitrogens with zero attached hydrogens (tertiary/aromatic N) is 1. The number of aromatic amines is 1. The number of hydrogen-bond acceptors (Lipinski definition) is 2. The lowest BCUT2D eigenvalue weighted by molar-refractivity contribution is 0.102. The van der Waals surface area contributed by atoms with Gasteiger partial charge in [-0.1, -0.05) is 15.9 Å².